The Morgan fingerprint density at radius 3 is 2.71 bits per heavy atom. The van der Waals surface area contributed by atoms with Crippen LogP contribution in [-0.4, -0.2) is 27.0 Å². The number of anilines is 1. The van der Waals surface area contributed by atoms with Crippen LogP contribution in [0, 0.1) is 6.92 Å². The number of aromatic nitrogens is 3. The van der Waals surface area contributed by atoms with Gasteiger partial charge in [0.25, 0.3) is 5.91 Å². The van der Waals surface area contributed by atoms with Crippen LogP contribution >= 0.6 is 11.6 Å². The number of rotatable bonds is 3. The first-order valence-electron chi connectivity index (χ1n) is 8.24. The van der Waals surface area contributed by atoms with E-state index in [1.165, 1.54) is 29.6 Å². The number of fused-ring (bicyclic) bond motifs is 1. The zero-order chi connectivity index (χ0) is 19.7. The molecule has 0 N–H and O–H groups in total. The lowest BCUT2D eigenvalue weighted by molar-refractivity contribution is 0.0555. The molecule has 28 heavy (non-hydrogen) atoms. The summed E-state index contributed by atoms with van der Waals surface area (Å²) < 4.78 is 10.6. The van der Waals surface area contributed by atoms with Crippen LogP contribution in [0.2, 0.25) is 5.02 Å². The topological polar surface area (TPSA) is 94.5 Å². The van der Waals surface area contributed by atoms with Crippen molar-refractivity contribution < 1.29 is 19.1 Å². The van der Waals surface area contributed by atoms with Crippen LogP contribution in [0.5, 0.6) is 5.75 Å². The Kier molecular flexibility index (Phi) is 4.62. The van der Waals surface area contributed by atoms with Crippen molar-refractivity contribution >= 4 is 29.5 Å². The highest BCUT2D eigenvalue weighted by Gasteiger charge is 2.44. The number of hydrogen-bond acceptors (Lipinski definition) is 7. The summed E-state index contributed by atoms with van der Waals surface area (Å²) in [5.74, 6) is 0.0682. The number of amides is 1. The number of nitrogens with zero attached hydrogens (tertiary/aromatic N) is 4. The maximum Gasteiger partial charge on any atom is 0.516 e. The molecule has 0 radical (unpaired) electrons. The van der Waals surface area contributed by atoms with Gasteiger partial charge in [-0.15, -0.1) is 0 Å². The number of benzene rings is 1. The van der Waals surface area contributed by atoms with Gasteiger partial charge in [0.1, 0.15) is 17.3 Å². The average Bonchev–Trinajstić information content (AvgIpc) is 2.95. The molecule has 2 aromatic heterocycles. The van der Waals surface area contributed by atoms with Crippen molar-refractivity contribution in [2.45, 2.75) is 13.2 Å². The summed E-state index contributed by atoms with van der Waals surface area (Å²) >= 11 is 5.87. The van der Waals surface area contributed by atoms with E-state index >= 15 is 0 Å². The van der Waals surface area contributed by atoms with E-state index < -0.39 is 18.3 Å². The van der Waals surface area contributed by atoms with Crippen molar-refractivity contribution in [2.24, 2.45) is 0 Å². The van der Waals surface area contributed by atoms with Crippen LogP contribution in [-0.2, 0) is 4.74 Å². The van der Waals surface area contributed by atoms with E-state index in [1.807, 2.05) is 13.0 Å². The predicted octanol–water partition coefficient (Wildman–Crippen LogP) is 3.71. The van der Waals surface area contributed by atoms with Gasteiger partial charge in [-0.3, -0.25) is 9.78 Å². The van der Waals surface area contributed by atoms with Crippen LogP contribution < -0.4 is 9.64 Å². The minimum Gasteiger partial charge on any atom is -0.403 e. The number of aryl methyl sites for hydroxylation is 1. The van der Waals surface area contributed by atoms with E-state index in [0.717, 1.165) is 5.56 Å². The van der Waals surface area contributed by atoms with Gasteiger partial charge in [-0.25, -0.2) is 19.7 Å². The van der Waals surface area contributed by atoms with E-state index in [9.17, 15) is 9.59 Å². The molecule has 0 saturated heterocycles. The lowest BCUT2D eigenvalue weighted by atomic mass is 10.2. The van der Waals surface area contributed by atoms with E-state index in [4.69, 9.17) is 21.1 Å². The number of carbonyl (C=O) groups is 2. The van der Waals surface area contributed by atoms with Gasteiger partial charge >= 0.3 is 6.16 Å². The third-order valence-corrected chi connectivity index (χ3v) is 4.20. The highest BCUT2D eigenvalue weighted by atomic mass is 35.5. The van der Waals surface area contributed by atoms with Crippen molar-refractivity contribution in [2.75, 3.05) is 4.90 Å². The van der Waals surface area contributed by atoms with Crippen molar-refractivity contribution in [3.05, 3.63) is 77.0 Å². The highest BCUT2D eigenvalue weighted by Crippen LogP contribution is 2.35. The lowest BCUT2D eigenvalue weighted by Crippen LogP contribution is -2.32. The fourth-order valence-corrected chi connectivity index (χ4v) is 2.88. The molecule has 1 aliphatic heterocycles. The molecule has 3 aromatic rings. The fourth-order valence-electron chi connectivity index (χ4n) is 2.77. The molecule has 0 spiro atoms. The van der Waals surface area contributed by atoms with Crippen molar-refractivity contribution in [3.63, 3.8) is 0 Å². The van der Waals surface area contributed by atoms with Crippen LogP contribution in [0.1, 0.15) is 28.0 Å². The van der Waals surface area contributed by atoms with E-state index in [1.54, 1.807) is 24.3 Å². The molecule has 9 heteroatoms. The summed E-state index contributed by atoms with van der Waals surface area (Å²) in [6.45, 7) is 1.87. The zero-order valence-electron chi connectivity index (χ0n) is 14.6. The first-order chi connectivity index (χ1) is 13.5. The van der Waals surface area contributed by atoms with Crippen molar-refractivity contribution in [3.8, 4) is 5.75 Å². The molecule has 4 rings (SSSR count). The summed E-state index contributed by atoms with van der Waals surface area (Å²) in [6, 6.07) is 10.0. The summed E-state index contributed by atoms with van der Waals surface area (Å²) in [5, 5.41) is 0.403. The lowest BCUT2D eigenvalue weighted by Gasteiger charge is -2.22. The Morgan fingerprint density at radius 1 is 1.14 bits per heavy atom. The third-order valence-electron chi connectivity index (χ3n) is 3.97. The third kappa shape index (κ3) is 3.37. The second kappa shape index (κ2) is 7.24. The Morgan fingerprint density at radius 2 is 1.96 bits per heavy atom. The smallest absolute Gasteiger partial charge is 0.403 e. The SMILES string of the molecule is Cc1cccc(OC(=O)O[C@@H]2c3nccnc3C(=O)N2c2ccc(Cl)cn2)c1. The molecule has 0 saturated carbocycles. The van der Waals surface area contributed by atoms with Crippen LogP contribution in [0.3, 0.4) is 0 Å². The number of carbonyl (C=O) groups excluding carboxylic acids is 2. The molecular formula is C19H13ClN4O4. The first-order valence-corrected chi connectivity index (χ1v) is 8.62. The second-order valence-corrected chi connectivity index (χ2v) is 6.38. The van der Waals surface area contributed by atoms with Crippen molar-refractivity contribution in [1.29, 1.82) is 0 Å². The van der Waals surface area contributed by atoms with Gasteiger partial charge in [0.05, 0.1) is 5.02 Å². The summed E-state index contributed by atoms with van der Waals surface area (Å²) in [7, 11) is 0. The van der Waals surface area contributed by atoms with E-state index in [2.05, 4.69) is 15.0 Å². The summed E-state index contributed by atoms with van der Waals surface area (Å²) in [4.78, 5) is 38.7. The highest BCUT2D eigenvalue weighted by molar-refractivity contribution is 6.30. The molecule has 140 valence electrons. The monoisotopic (exact) mass is 396 g/mol. The molecule has 0 bridgehead atoms. The van der Waals surface area contributed by atoms with Crippen LogP contribution in [0.15, 0.2) is 55.0 Å². The van der Waals surface area contributed by atoms with E-state index in [-0.39, 0.29) is 17.2 Å². The maximum atomic E-state index is 12.8. The van der Waals surface area contributed by atoms with E-state index in [0.29, 0.717) is 10.8 Å². The van der Waals surface area contributed by atoms with Crippen LogP contribution in [0.4, 0.5) is 10.6 Å². The van der Waals surface area contributed by atoms with Gasteiger partial charge in [0.2, 0.25) is 6.23 Å². The maximum absolute atomic E-state index is 12.8. The molecule has 0 unspecified atom stereocenters. The first kappa shape index (κ1) is 17.9. The number of pyridine rings is 1. The fraction of sp³-hybridized carbons (Fsp3) is 0.105. The average molecular weight is 397 g/mol. The van der Waals surface area contributed by atoms with Gasteiger partial charge in [0, 0.05) is 18.6 Å². The Hall–Kier alpha value is -3.52. The van der Waals surface area contributed by atoms with Gasteiger partial charge in [0.15, 0.2) is 5.69 Å². The molecule has 1 atom stereocenters. The Balaban J connectivity index is 1.64. The van der Waals surface area contributed by atoms with Gasteiger partial charge in [-0.2, -0.15) is 0 Å². The second-order valence-electron chi connectivity index (χ2n) is 5.94. The number of hydrogen-bond donors (Lipinski definition) is 0. The van der Waals surface area contributed by atoms with Gasteiger partial charge < -0.3 is 9.47 Å². The van der Waals surface area contributed by atoms with Gasteiger partial charge in [-0.1, -0.05) is 23.7 Å². The minimum absolute atomic E-state index is 0.0765. The molecule has 1 aliphatic rings. The van der Waals surface area contributed by atoms with Gasteiger partial charge in [-0.05, 0) is 36.8 Å². The molecule has 8 nitrogen and oxygen atoms in total. The molecule has 3 heterocycles. The minimum atomic E-state index is -1.16. The quantitative estimate of drug-likeness (QED) is 0.492. The van der Waals surface area contributed by atoms with Crippen molar-refractivity contribution in [1.82, 2.24) is 15.0 Å². The molecule has 0 fully saturated rings. The normalized spacial score (nSPS) is 15.3. The molecular weight excluding hydrogens is 384 g/mol. The number of ether oxygens (including phenoxy) is 2. The largest absolute Gasteiger partial charge is 0.516 e. The number of halogens is 1. The molecule has 1 aromatic carbocycles. The Bertz CT molecular complexity index is 1060. The van der Waals surface area contributed by atoms with Crippen LogP contribution in [0.25, 0.3) is 0 Å². The summed E-state index contributed by atoms with van der Waals surface area (Å²) in [5.41, 5.74) is 1.20. The summed E-state index contributed by atoms with van der Waals surface area (Å²) in [6.07, 6.45) is 2.03. The molecule has 1 amide bonds. The zero-order valence-corrected chi connectivity index (χ0v) is 15.3. The molecule has 0 aliphatic carbocycles. The Labute approximate surface area is 164 Å². The standard InChI is InChI=1S/C19H13ClN4O4/c1-11-3-2-4-13(9-11)27-19(26)28-18-16-15(21-7-8-22-16)17(25)24(18)14-6-5-12(20)10-23-14/h2-10,18H,1H3/t18-/m1/s1. The predicted molar refractivity (Wildman–Crippen MR) is 99.1 cm³/mol.